The number of hydrogen-bond donors (Lipinski definition) is 1. The van der Waals surface area contributed by atoms with Crippen molar-refractivity contribution in [3.63, 3.8) is 0 Å². The summed E-state index contributed by atoms with van der Waals surface area (Å²) in [5.41, 5.74) is 0.0386. The Bertz CT molecular complexity index is 963. The van der Waals surface area contributed by atoms with Crippen LogP contribution in [0.3, 0.4) is 0 Å². The molecular weight excluding hydrogens is 406 g/mol. The number of piperazine rings is 1. The summed E-state index contributed by atoms with van der Waals surface area (Å²) in [5, 5.41) is 9.74. The van der Waals surface area contributed by atoms with Crippen LogP contribution in [-0.4, -0.2) is 45.5 Å². The lowest BCUT2D eigenvalue weighted by molar-refractivity contribution is -0.148. The molecule has 0 aliphatic carbocycles. The molecule has 1 aliphatic rings. The van der Waals surface area contributed by atoms with E-state index in [0.29, 0.717) is 11.1 Å². The molecule has 2 atom stereocenters. The minimum atomic E-state index is -4.50. The second kappa shape index (κ2) is 8.02. The van der Waals surface area contributed by atoms with Crippen molar-refractivity contribution in [1.29, 1.82) is 0 Å². The predicted octanol–water partition coefficient (Wildman–Crippen LogP) is 2.67. The van der Waals surface area contributed by atoms with Gasteiger partial charge in [-0.1, -0.05) is 12.1 Å². The number of pyridine rings is 1. The zero-order chi connectivity index (χ0) is 22.2. The van der Waals surface area contributed by atoms with Crippen LogP contribution in [0.1, 0.15) is 23.6 Å². The Labute approximate surface area is 169 Å². The number of aromatic nitrogens is 1. The van der Waals surface area contributed by atoms with E-state index in [1.165, 1.54) is 31.3 Å². The number of carbonyl (C=O) groups is 2. The molecule has 2 heterocycles. The molecule has 30 heavy (non-hydrogen) atoms. The van der Waals surface area contributed by atoms with E-state index < -0.39 is 48.1 Å². The van der Waals surface area contributed by atoms with Crippen LogP contribution in [0.4, 0.5) is 23.4 Å². The molecular formula is C20H19F4N3O3. The van der Waals surface area contributed by atoms with Gasteiger partial charge in [0.1, 0.15) is 12.1 Å². The zero-order valence-electron chi connectivity index (χ0n) is 16.2. The van der Waals surface area contributed by atoms with E-state index in [2.05, 4.69) is 4.98 Å². The molecule has 0 saturated carbocycles. The summed E-state index contributed by atoms with van der Waals surface area (Å²) in [4.78, 5) is 31.8. The van der Waals surface area contributed by atoms with Crippen molar-refractivity contribution in [3.05, 3.63) is 59.0 Å². The Balaban J connectivity index is 1.89. The van der Waals surface area contributed by atoms with Gasteiger partial charge in [-0.05, 0) is 43.2 Å². The summed E-state index contributed by atoms with van der Waals surface area (Å²) in [7, 11) is 0. The second-order valence-electron chi connectivity index (χ2n) is 7.06. The normalized spacial score (nSPS) is 20.1. The minimum absolute atomic E-state index is 0.185. The zero-order valence-corrected chi connectivity index (χ0v) is 16.2. The molecule has 1 aromatic heterocycles. The van der Waals surface area contributed by atoms with Gasteiger partial charge in [-0.2, -0.15) is 13.2 Å². The fraction of sp³-hybridized carbons (Fsp3) is 0.350. The average molecular weight is 425 g/mol. The van der Waals surface area contributed by atoms with E-state index in [-0.39, 0.29) is 12.4 Å². The molecule has 1 N–H and O–H groups in total. The number of aliphatic hydroxyl groups is 1. The first kappa shape index (κ1) is 21.7. The van der Waals surface area contributed by atoms with Gasteiger partial charge >= 0.3 is 6.18 Å². The van der Waals surface area contributed by atoms with E-state index in [4.69, 9.17) is 0 Å². The summed E-state index contributed by atoms with van der Waals surface area (Å²) in [5.74, 6) is -2.42. The molecule has 1 aliphatic heterocycles. The SMILES string of the molecule is Cc1cnc(N2C(=O)[C@H](CO)N(Cc3ccc(C(F)(F)F)cc3)C(=O)[C@@H]2C)c(F)c1. The molecule has 160 valence electrons. The van der Waals surface area contributed by atoms with E-state index >= 15 is 0 Å². The molecule has 0 bridgehead atoms. The predicted molar refractivity (Wildman–Crippen MR) is 98.7 cm³/mol. The summed E-state index contributed by atoms with van der Waals surface area (Å²) in [6, 6.07) is 2.90. The Morgan fingerprint density at radius 1 is 1.13 bits per heavy atom. The van der Waals surface area contributed by atoms with Gasteiger partial charge < -0.3 is 10.0 Å². The van der Waals surface area contributed by atoms with Crippen LogP contribution in [0.5, 0.6) is 0 Å². The second-order valence-corrected chi connectivity index (χ2v) is 7.06. The highest BCUT2D eigenvalue weighted by molar-refractivity contribution is 6.07. The van der Waals surface area contributed by atoms with Crippen LogP contribution >= 0.6 is 0 Å². The number of rotatable bonds is 4. The number of nitrogens with zero attached hydrogens (tertiary/aromatic N) is 3. The van der Waals surface area contributed by atoms with Gasteiger partial charge in [-0.15, -0.1) is 0 Å². The Kier molecular flexibility index (Phi) is 5.80. The molecule has 1 aromatic carbocycles. The van der Waals surface area contributed by atoms with Gasteiger partial charge in [0, 0.05) is 12.7 Å². The first-order valence-electron chi connectivity index (χ1n) is 9.07. The molecule has 2 amide bonds. The van der Waals surface area contributed by atoms with Gasteiger partial charge in [-0.25, -0.2) is 9.37 Å². The summed E-state index contributed by atoms with van der Waals surface area (Å²) in [6.07, 6.45) is -3.14. The third-order valence-electron chi connectivity index (χ3n) is 4.92. The summed E-state index contributed by atoms with van der Waals surface area (Å²) >= 11 is 0. The Hall–Kier alpha value is -3.01. The molecule has 0 radical (unpaired) electrons. The fourth-order valence-electron chi connectivity index (χ4n) is 3.34. The Morgan fingerprint density at radius 2 is 1.77 bits per heavy atom. The molecule has 3 rings (SSSR count). The molecule has 0 unspecified atom stereocenters. The fourth-order valence-corrected chi connectivity index (χ4v) is 3.34. The number of halogens is 4. The first-order chi connectivity index (χ1) is 14.0. The van der Waals surface area contributed by atoms with Crippen molar-refractivity contribution in [1.82, 2.24) is 9.88 Å². The van der Waals surface area contributed by atoms with Gasteiger partial charge in [-0.3, -0.25) is 14.5 Å². The summed E-state index contributed by atoms with van der Waals surface area (Å²) in [6.45, 7) is 2.10. The molecule has 6 nitrogen and oxygen atoms in total. The number of amides is 2. The highest BCUT2D eigenvalue weighted by Gasteiger charge is 2.45. The van der Waals surface area contributed by atoms with Crippen molar-refractivity contribution in [3.8, 4) is 0 Å². The number of anilines is 1. The van der Waals surface area contributed by atoms with Crippen molar-refractivity contribution in [2.45, 2.75) is 38.7 Å². The van der Waals surface area contributed by atoms with Gasteiger partial charge in [0.25, 0.3) is 5.91 Å². The van der Waals surface area contributed by atoms with Crippen molar-refractivity contribution in [2.24, 2.45) is 0 Å². The van der Waals surface area contributed by atoms with Crippen molar-refractivity contribution < 1.29 is 32.3 Å². The van der Waals surface area contributed by atoms with Crippen LogP contribution in [0.15, 0.2) is 36.5 Å². The third kappa shape index (κ3) is 4.00. The molecule has 2 aromatic rings. The highest BCUT2D eigenvalue weighted by Crippen LogP contribution is 2.30. The quantitative estimate of drug-likeness (QED) is 0.765. The van der Waals surface area contributed by atoms with E-state index in [1.807, 2.05) is 0 Å². The molecule has 0 spiro atoms. The van der Waals surface area contributed by atoms with Crippen LogP contribution in [-0.2, 0) is 22.3 Å². The van der Waals surface area contributed by atoms with E-state index in [9.17, 15) is 32.3 Å². The monoisotopic (exact) mass is 425 g/mol. The van der Waals surface area contributed by atoms with Crippen molar-refractivity contribution in [2.75, 3.05) is 11.5 Å². The van der Waals surface area contributed by atoms with Gasteiger partial charge in [0.05, 0.1) is 12.2 Å². The largest absolute Gasteiger partial charge is 0.416 e. The number of carbonyl (C=O) groups excluding carboxylic acids is 2. The smallest absolute Gasteiger partial charge is 0.394 e. The Morgan fingerprint density at radius 3 is 2.30 bits per heavy atom. The van der Waals surface area contributed by atoms with Crippen LogP contribution in [0, 0.1) is 12.7 Å². The lowest BCUT2D eigenvalue weighted by Crippen LogP contribution is -2.65. The summed E-state index contributed by atoms with van der Waals surface area (Å²) < 4.78 is 52.6. The standard InChI is InChI=1S/C20H19F4N3O3/c1-11-7-15(21)17(25-8-11)27-12(2)18(29)26(16(10-28)19(27)30)9-13-3-5-14(6-4-13)20(22,23)24/h3-8,12,16,28H,9-10H2,1-2H3/t12-,16-/m0/s1. The number of aryl methyl sites for hydroxylation is 1. The lowest BCUT2D eigenvalue weighted by Gasteiger charge is -2.42. The molecule has 1 fully saturated rings. The van der Waals surface area contributed by atoms with Crippen LogP contribution in [0.25, 0.3) is 0 Å². The van der Waals surface area contributed by atoms with Gasteiger partial charge in [0.2, 0.25) is 5.91 Å². The number of aliphatic hydroxyl groups excluding tert-OH is 1. The lowest BCUT2D eigenvalue weighted by atomic mass is 10.0. The maximum absolute atomic E-state index is 14.4. The van der Waals surface area contributed by atoms with Gasteiger partial charge in [0.15, 0.2) is 11.6 Å². The number of hydrogen-bond acceptors (Lipinski definition) is 4. The molecule has 10 heteroatoms. The average Bonchev–Trinajstić information content (AvgIpc) is 2.67. The van der Waals surface area contributed by atoms with Crippen molar-refractivity contribution >= 4 is 17.6 Å². The molecule has 1 saturated heterocycles. The number of alkyl halides is 3. The topological polar surface area (TPSA) is 73.7 Å². The van der Waals surface area contributed by atoms with Crippen LogP contribution < -0.4 is 4.90 Å². The maximum atomic E-state index is 14.4. The highest BCUT2D eigenvalue weighted by atomic mass is 19.4. The maximum Gasteiger partial charge on any atom is 0.416 e. The van der Waals surface area contributed by atoms with E-state index in [0.717, 1.165) is 21.9 Å². The van der Waals surface area contributed by atoms with E-state index in [1.54, 1.807) is 6.92 Å². The van der Waals surface area contributed by atoms with Crippen LogP contribution in [0.2, 0.25) is 0 Å². The minimum Gasteiger partial charge on any atom is -0.394 e. The number of benzene rings is 1. The third-order valence-corrected chi connectivity index (χ3v) is 4.92. The first-order valence-corrected chi connectivity index (χ1v) is 9.07.